The van der Waals surface area contributed by atoms with Gasteiger partial charge < -0.3 is 9.15 Å². The number of oxazole rings is 1. The van der Waals surface area contributed by atoms with Crippen LogP contribution in [0.5, 0.6) is 5.75 Å². The standard InChI is InChI=1S/C18H16FNO4S/c1-23-17-8-4-14(5-9-17)18-20-16(10-24-18)12-25(21,22)11-13-2-6-15(19)7-3-13/h2-10H,11-12H2,1H3. The van der Waals surface area contributed by atoms with Crippen LogP contribution in [0.25, 0.3) is 11.5 Å². The highest BCUT2D eigenvalue weighted by Crippen LogP contribution is 2.23. The van der Waals surface area contributed by atoms with Gasteiger partial charge in [0.25, 0.3) is 0 Å². The smallest absolute Gasteiger partial charge is 0.226 e. The first-order valence-corrected chi connectivity index (χ1v) is 9.31. The van der Waals surface area contributed by atoms with Crippen LogP contribution in [-0.4, -0.2) is 20.5 Å². The van der Waals surface area contributed by atoms with Gasteiger partial charge in [0.15, 0.2) is 9.84 Å². The molecule has 0 N–H and O–H groups in total. The zero-order chi connectivity index (χ0) is 17.9. The first kappa shape index (κ1) is 17.2. The Hall–Kier alpha value is -2.67. The molecule has 3 aromatic rings. The molecular weight excluding hydrogens is 345 g/mol. The van der Waals surface area contributed by atoms with E-state index in [1.165, 1.54) is 30.5 Å². The van der Waals surface area contributed by atoms with Gasteiger partial charge in [0.05, 0.1) is 24.3 Å². The molecule has 0 radical (unpaired) electrons. The second-order valence-corrected chi connectivity index (χ2v) is 7.60. The summed E-state index contributed by atoms with van der Waals surface area (Å²) in [6.45, 7) is 0. The Bertz CT molecular complexity index is 948. The molecule has 0 atom stereocenters. The molecule has 0 aliphatic heterocycles. The summed E-state index contributed by atoms with van der Waals surface area (Å²) >= 11 is 0. The van der Waals surface area contributed by atoms with Crippen molar-refractivity contribution in [3.05, 3.63) is 71.9 Å². The molecule has 0 saturated carbocycles. The van der Waals surface area contributed by atoms with Gasteiger partial charge in [-0.15, -0.1) is 0 Å². The molecule has 2 aromatic carbocycles. The molecule has 0 saturated heterocycles. The summed E-state index contributed by atoms with van der Waals surface area (Å²) in [5, 5.41) is 0. The van der Waals surface area contributed by atoms with E-state index in [-0.39, 0.29) is 11.5 Å². The molecule has 1 aromatic heterocycles. The van der Waals surface area contributed by atoms with E-state index in [4.69, 9.17) is 9.15 Å². The highest BCUT2D eigenvalue weighted by molar-refractivity contribution is 7.89. The lowest BCUT2D eigenvalue weighted by molar-refractivity contribution is 0.415. The van der Waals surface area contributed by atoms with E-state index in [2.05, 4.69) is 4.98 Å². The Morgan fingerprint density at radius 1 is 1.04 bits per heavy atom. The summed E-state index contributed by atoms with van der Waals surface area (Å²) in [5.74, 6) is 0.219. The molecule has 0 amide bonds. The molecule has 0 fully saturated rings. The van der Waals surface area contributed by atoms with Gasteiger partial charge in [-0.25, -0.2) is 17.8 Å². The average molecular weight is 361 g/mol. The first-order valence-electron chi connectivity index (χ1n) is 7.49. The molecule has 0 aliphatic carbocycles. The van der Waals surface area contributed by atoms with Crippen LogP contribution in [0, 0.1) is 5.82 Å². The molecular formula is C18H16FNO4S. The number of rotatable bonds is 6. The lowest BCUT2D eigenvalue weighted by Gasteiger charge is -2.02. The van der Waals surface area contributed by atoms with Gasteiger partial charge in [-0.3, -0.25) is 0 Å². The Morgan fingerprint density at radius 2 is 1.72 bits per heavy atom. The summed E-state index contributed by atoms with van der Waals surface area (Å²) in [5.41, 5.74) is 1.58. The van der Waals surface area contributed by atoms with Gasteiger partial charge >= 0.3 is 0 Å². The van der Waals surface area contributed by atoms with Crippen LogP contribution >= 0.6 is 0 Å². The summed E-state index contributed by atoms with van der Waals surface area (Å²) in [6, 6.07) is 12.5. The number of benzene rings is 2. The van der Waals surface area contributed by atoms with Crippen LogP contribution in [0.15, 0.2) is 59.2 Å². The lowest BCUT2D eigenvalue weighted by atomic mass is 10.2. The predicted octanol–water partition coefficient (Wildman–Crippen LogP) is 3.60. The van der Waals surface area contributed by atoms with Crippen molar-refractivity contribution < 1.29 is 22.0 Å². The number of hydrogen-bond acceptors (Lipinski definition) is 5. The van der Waals surface area contributed by atoms with Gasteiger partial charge in [0.1, 0.15) is 17.8 Å². The molecule has 3 rings (SSSR count). The minimum Gasteiger partial charge on any atom is -0.497 e. The molecule has 130 valence electrons. The summed E-state index contributed by atoms with van der Waals surface area (Å²) in [6.07, 6.45) is 1.34. The number of halogens is 1. The second kappa shape index (κ2) is 7.06. The molecule has 7 heteroatoms. The van der Waals surface area contributed by atoms with E-state index in [0.29, 0.717) is 22.9 Å². The zero-order valence-corrected chi connectivity index (χ0v) is 14.3. The topological polar surface area (TPSA) is 69.4 Å². The van der Waals surface area contributed by atoms with Crippen molar-refractivity contribution in [2.45, 2.75) is 11.5 Å². The molecule has 0 aliphatic rings. The van der Waals surface area contributed by atoms with Gasteiger partial charge in [0.2, 0.25) is 5.89 Å². The van der Waals surface area contributed by atoms with Crippen LogP contribution in [-0.2, 0) is 21.3 Å². The summed E-state index contributed by atoms with van der Waals surface area (Å²) in [4.78, 5) is 4.23. The van der Waals surface area contributed by atoms with Crippen molar-refractivity contribution >= 4 is 9.84 Å². The maximum atomic E-state index is 12.9. The molecule has 5 nitrogen and oxygen atoms in total. The van der Waals surface area contributed by atoms with Gasteiger partial charge in [-0.05, 0) is 42.0 Å². The normalized spacial score (nSPS) is 11.4. The number of sulfone groups is 1. The van der Waals surface area contributed by atoms with Crippen LogP contribution in [0.2, 0.25) is 0 Å². The quantitative estimate of drug-likeness (QED) is 0.671. The van der Waals surface area contributed by atoms with E-state index in [9.17, 15) is 12.8 Å². The maximum absolute atomic E-state index is 12.9. The molecule has 0 bridgehead atoms. The van der Waals surface area contributed by atoms with E-state index in [1.807, 2.05) is 0 Å². The second-order valence-electron chi connectivity index (χ2n) is 5.53. The van der Waals surface area contributed by atoms with E-state index in [0.717, 1.165) is 5.56 Å². The van der Waals surface area contributed by atoms with E-state index < -0.39 is 15.7 Å². The minimum atomic E-state index is -3.45. The maximum Gasteiger partial charge on any atom is 0.226 e. The third kappa shape index (κ3) is 4.45. The van der Waals surface area contributed by atoms with Gasteiger partial charge in [-0.1, -0.05) is 12.1 Å². The molecule has 0 unspecified atom stereocenters. The highest BCUT2D eigenvalue weighted by atomic mass is 32.2. The molecule has 0 spiro atoms. The Morgan fingerprint density at radius 3 is 2.36 bits per heavy atom. The van der Waals surface area contributed by atoms with E-state index >= 15 is 0 Å². The lowest BCUT2D eigenvalue weighted by Crippen LogP contribution is -2.08. The van der Waals surface area contributed by atoms with Crippen molar-refractivity contribution in [3.8, 4) is 17.2 Å². The minimum absolute atomic E-state index is 0.183. The highest BCUT2D eigenvalue weighted by Gasteiger charge is 2.17. The SMILES string of the molecule is COc1ccc(-c2nc(CS(=O)(=O)Cc3ccc(F)cc3)co2)cc1. The van der Waals surface area contributed by atoms with Crippen LogP contribution in [0.3, 0.4) is 0 Å². The van der Waals surface area contributed by atoms with Crippen LogP contribution in [0.1, 0.15) is 11.3 Å². The fraction of sp³-hybridized carbons (Fsp3) is 0.167. The fourth-order valence-corrected chi connectivity index (χ4v) is 3.74. The number of ether oxygens (including phenoxy) is 1. The predicted molar refractivity (Wildman–Crippen MR) is 91.2 cm³/mol. The Labute approximate surface area is 145 Å². The van der Waals surface area contributed by atoms with Crippen molar-refractivity contribution in [2.24, 2.45) is 0 Å². The number of hydrogen-bond donors (Lipinski definition) is 0. The van der Waals surface area contributed by atoms with Gasteiger partial charge in [0, 0.05) is 5.56 Å². The monoisotopic (exact) mass is 361 g/mol. The number of nitrogens with zero attached hydrogens (tertiary/aromatic N) is 1. The van der Waals surface area contributed by atoms with Gasteiger partial charge in [-0.2, -0.15) is 0 Å². The van der Waals surface area contributed by atoms with E-state index in [1.54, 1.807) is 31.4 Å². The van der Waals surface area contributed by atoms with Crippen molar-refractivity contribution in [2.75, 3.05) is 7.11 Å². The fourth-order valence-electron chi connectivity index (χ4n) is 2.35. The van der Waals surface area contributed by atoms with Crippen LogP contribution in [0.4, 0.5) is 4.39 Å². The van der Waals surface area contributed by atoms with Crippen molar-refractivity contribution in [1.29, 1.82) is 0 Å². The zero-order valence-electron chi connectivity index (χ0n) is 13.5. The van der Waals surface area contributed by atoms with Crippen LogP contribution < -0.4 is 4.74 Å². The summed E-state index contributed by atoms with van der Waals surface area (Å²) < 4.78 is 47.9. The van der Waals surface area contributed by atoms with Crippen molar-refractivity contribution in [3.63, 3.8) is 0 Å². The number of aromatic nitrogens is 1. The molecule has 1 heterocycles. The first-order chi connectivity index (χ1) is 11.9. The third-order valence-corrected chi connectivity index (χ3v) is 5.07. The Balaban J connectivity index is 1.72. The summed E-state index contributed by atoms with van der Waals surface area (Å²) in [7, 11) is -1.87. The van der Waals surface area contributed by atoms with Crippen molar-refractivity contribution in [1.82, 2.24) is 4.98 Å². The third-order valence-electron chi connectivity index (χ3n) is 3.56. The number of methoxy groups -OCH3 is 1. The average Bonchev–Trinajstić information content (AvgIpc) is 3.04. The largest absolute Gasteiger partial charge is 0.497 e. The Kier molecular flexibility index (Phi) is 4.85. The molecule has 25 heavy (non-hydrogen) atoms.